The van der Waals surface area contributed by atoms with Crippen LogP contribution in [0.25, 0.3) is 5.69 Å². The van der Waals surface area contributed by atoms with Gasteiger partial charge in [0.1, 0.15) is 12.7 Å². The second-order valence-electron chi connectivity index (χ2n) is 5.05. The van der Waals surface area contributed by atoms with Crippen LogP contribution in [-0.2, 0) is 0 Å². The molecule has 0 amide bonds. The van der Waals surface area contributed by atoms with E-state index in [1.165, 1.54) is 24.7 Å². The van der Waals surface area contributed by atoms with Gasteiger partial charge in [0.2, 0.25) is 0 Å². The molecule has 0 bridgehead atoms. The van der Waals surface area contributed by atoms with E-state index in [9.17, 15) is 0 Å². The molecule has 104 valence electrons. The third-order valence-electron chi connectivity index (χ3n) is 3.34. The zero-order valence-corrected chi connectivity index (χ0v) is 12.1. The number of nitrogens with zero attached hydrogens (tertiary/aromatic N) is 3. The van der Waals surface area contributed by atoms with Crippen molar-refractivity contribution in [2.75, 3.05) is 0 Å². The highest BCUT2D eigenvalue weighted by Crippen LogP contribution is 2.19. The lowest BCUT2D eigenvalue weighted by molar-refractivity contribution is 0.696. The van der Waals surface area contributed by atoms with Crippen LogP contribution in [-0.4, -0.2) is 25.9 Å². The Bertz CT molecular complexity index is 574. The molecule has 1 saturated carbocycles. The summed E-state index contributed by atoms with van der Waals surface area (Å²) in [6, 6.07) is 8.97. The van der Waals surface area contributed by atoms with Crippen molar-refractivity contribution in [3.63, 3.8) is 0 Å². The number of hydrogen-bond acceptors (Lipinski definition) is 3. The molecular weight excluding hydrogens is 270 g/mol. The minimum Gasteiger partial charge on any atom is -0.360 e. The van der Waals surface area contributed by atoms with Gasteiger partial charge in [-0.05, 0) is 49.7 Å². The standard InChI is InChI=1S/C14H17N5S/c1-10(17-14(20)18-12-4-5-12)11-2-6-13(7-3-11)19-9-15-8-16-19/h2-3,6-10,12H,4-5H2,1H3,(H2,17,18,20)/t10-/m0/s1. The van der Waals surface area contributed by atoms with Gasteiger partial charge >= 0.3 is 0 Å². The first-order valence-electron chi connectivity index (χ1n) is 6.74. The smallest absolute Gasteiger partial charge is 0.166 e. The van der Waals surface area contributed by atoms with E-state index in [0.29, 0.717) is 6.04 Å². The first-order valence-corrected chi connectivity index (χ1v) is 7.15. The Morgan fingerprint density at radius 3 is 2.70 bits per heavy atom. The second kappa shape index (κ2) is 5.58. The maximum atomic E-state index is 5.29. The highest BCUT2D eigenvalue weighted by molar-refractivity contribution is 7.80. The van der Waals surface area contributed by atoms with Gasteiger partial charge in [-0.25, -0.2) is 9.67 Å². The summed E-state index contributed by atoms with van der Waals surface area (Å²) in [5, 5.41) is 11.4. The van der Waals surface area contributed by atoms with Gasteiger partial charge in [-0.3, -0.25) is 0 Å². The topological polar surface area (TPSA) is 54.8 Å². The molecular formula is C14H17N5S. The number of benzene rings is 1. The second-order valence-corrected chi connectivity index (χ2v) is 5.45. The van der Waals surface area contributed by atoms with Crippen LogP contribution in [0.3, 0.4) is 0 Å². The maximum Gasteiger partial charge on any atom is 0.166 e. The zero-order chi connectivity index (χ0) is 13.9. The van der Waals surface area contributed by atoms with Gasteiger partial charge in [-0.15, -0.1) is 0 Å². The molecule has 1 aromatic heterocycles. The van der Waals surface area contributed by atoms with Crippen LogP contribution in [0.15, 0.2) is 36.9 Å². The first-order chi connectivity index (χ1) is 9.72. The predicted octanol–water partition coefficient (Wildman–Crippen LogP) is 1.95. The summed E-state index contributed by atoms with van der Waals surface area (Å²) < 4.78 is 1.74. The van der Waals surface area contributed by atoms with Crippen LogP contribution in [0.2, 0.25) is 0 Å². The van der Waals surface area contributed by atoms with Crippen molar-refractivity contribution in [3.8, 4) is 5.69 Å². The molecule has 0 spiro atoms. The van der Waals surface area contributed by atoms with E-state index >= 15 is 0 Å². The van der Waals surface area contributed by atoms with Gasteiger partial charge < -0.3 is 10.6 Å². The summed E-state index contributed by atoms with van der Waals surface area (Å²) in [6.45, 7) is 2.10. The molecule has 1 atom stereocenters. The monoisotopic (exact) mass is 287 g/mol. The van der Waals surface area contributed by atoms with Crippen molar-refractivity contribution >= 4 is 17.3 Å². The molecule has 0 aliphatic heterocycles. The summed E-state index contributed by atoms with van der Waals surface area (Å²) in [5.74, 6) is 0. The molecule has 1 fully saturated rings. The van der Waals surface area contributed by atoms with E-state index in [2.05, 4.69) is 39.8 Å². The lowest BCUT2D eigenvalue weighted by Crippen LogP contribution is -2.37. The van der Waals surface area contributed by atoms with Crippen molar-refractivity contribution in [2.45, 2.75) is 31.8 Å². The van der Waals surface area contributed by atoms with Gasteiger partial charge in [0, 0.05) is 6.04 Å². The van der Waals surface area contributed by atoms with E-state index in [-0.39, 0.29) is 6.04 Å². The molecule has 5 nitrogen and oxygen atoms in total. The van der Waals surface area contributed by atoms with Crippen LogP contribution in [0, 0.1) is 0 Å². The van der Waals surface area contributed by atoms with Crippen LogP contribution in [0.1, 0.15) is 31.4 Å². The van der Waals surface area contributed by atoms with Crippen molar-refractivity contribution in [3.05, 3.63) is 42.5 Å². The molecule has 0 radical (unpaired) electrons. The van der Waals surface area contributed by atoms with Gasteiger partial charge in [0.15, 0.2) is 5.11 Å². The molecule has 20 heavy (non-hydrogen) atoms. The number of hydrogen-bond donors (Lipinski definition) is 2. The minimum absolute atomic E-state index is 0.179. The van der Waals surface area contributed by atoms with Gasteiger partial charge in [-0.1, -0.05) is 12.1 Å². The SMILES string of the molecule is C[C@H](NC(=S)NC1CC1)c1ccc(-n2cncn2)cc1. The summed E-state index contributed by atoms with van der Waals surface area (Å²) >= 11 is 5.29. The Kier molecular flexibility index (Phi) is 3.64. The number of thiocarbonyl (C=S) groups is 1. The quantitative estimate of drug-likeness (QED) is 0.842. The van der Waals surface area contributed by atoms with E-state index in [4.69, 9.17) is 12.2 Å². The third-order valence-corrected chi connectivity index (χ3v) is 3.57. The fraction of sp³-hybridized carbons (Fsp3) is 0.357. The van der Waals surface area contributed by atoms with Crippen LogP contribution >= 0.6 is 12.2 Å². The Labute approximate surface area is 123 Å². The molecule has 1 aliphatic rings. The van der Waals surface area contributed by atoms with Crippen LogP contribution in [0.5, 0.6) is 0 Å². The molecule has 0 unspecified atom stereocenters. The van der Waals surface area contributed by atoms with Gasteiger partial charge in [-0.2, -0.15) is 5.10 Å². The normalized spacial score (nSPS) is 15.7. The summed E-state index contributed by atoms with van der Waals surface area (Å²) in [5.41, 5.74) is 2.19. The summed E-state index contributed by atoms with van der Waals surface area (Å²) in [4.78, 5) is 3.94. The largest absolute Gasteiger partial charge is 0.360 e. The van der Waals surface area contributed by atoms with Crippen molar-refractivity contribution < 1.29 is 0 Å². The molecule has 2 N–H and O–H groups in total. The van der Waals surface area contributed by atoms with E-state index in [1.807, 2.05) is 12.1 Å². The molecule has 6 heteroatoms. The Morgan fingerprint density at radius 1 is 1.35 bits per heavy atom. The van der Waals surface area contributed by atoms with Crippen molar-refractivity contribution in [1.82, 2.24) is 25.4 Å². The van der Waals surface area contributed by atoms with E-state index < -0.39 is 0 Å². The molecule has 0 saturated heterocycles. The molecule has 1 aromatic carbocycles. The van der Waals surface area contributed by atoms with Crippen molar-refractivity contribution in [1.29, 1.82) is 0 Å². The van der Waals surface area contributed by atoms with E-state index in [0.717, 1.165) is 10.8 Å². The average Bonchev–Trinajstić information content (AvgIpc) is 3.08. The molecule has 2 aromatic rings. The average molecular weight is 287 g/mol. The lowest BCUT2D eigenvalue weighted by Gasteiger charge is -2.17. The minimum atomic E-state index is 0.179. The highest BCUT2D eigenvalue weighted by Gasteiger charge is 2.22. The van der Waals surface area contributed by atoms with Crippen LogP contribution < -0.4 is 10.6 Å². The van der Waals surface area contributed by atoms with Gasteiger partial charge in [0.05, 0.1) is 11.7 Å². The predicted molar refractivity (Wildman–Crippen MR) is 81.7 cm³/mol. The molecule has 3 rings (SSSR count). The van der Waals surface area contributed by atoms with Crippen LogP contribution in [0.4, 0.5) is 0 Å². The number of nitrogens with one attached hydrogen (secondary N) is 2. The summed E-state index contributed by atoms with van der Waals surface area (Å²) in [6.07, 6.45) is 5.66. The lowest BCUT2D eigenvalue weighted by atomic mass is 10.1. The number of aromatic nitrogens is 3. The third kappa shape index (κ3) is 3.14. The fourth-order valence-electron chi connectivity index (χ4n) is 1.99. The Hall–Kier alpha value is -1.95. The highest BCUT2D eigenvalue weighted by atomic mass is 32.1. The summed E-state index contributed by atoms with van der Waals surface area (Å²) in [7, 11) is 0. The number of rotatable bonds is 4. The van der Waals surface area contributed by atoms with Gasteiger partial charge in [0.25, 0.3) is 0 Å². The Morgan fingerprint density at radius 2 is 2.10 bits per heavy atom. The Balaban J connectivity index is 1.62. The first kappa shape index (κ1) is 13.1. The molecule has 1 heterocycles. The van der Waals surface area contributed by atoms with Crippen molar-refractivity contribution in [2.24, 2.45) is 0 Å². The van der Waals surface area contributed by atoms with E-state index in [1.54, 1.807) is 11.0 Å². The fourth-order valence-corrected chi connectivity index (χ4v) is 2.34. The zero-order valence-electron chi connectivity index (χ0n) is 11.3. The maximum absolute atomic E-state index is 5.29. The molecule has 1 aliphatic carbocycles.